The van der Waals surface area contributed by atoms with Crippen molar-refractivity contribution in [2.24, 2.45) is 0 Å². The Morgan fingerprint density at radius 1 is 1.22 bits per heavy atom. The summed E-state index contributed by atoms with van der Waals surface area (Å²) in [6, 6.07) is 14.3. The summed E-state index contributed by atoms with van der Waals surface area (Å²) in [6.07, 6.45) is 0. The zero-order chi connectivity index (χ0) is 22.5. The Balaban J connectivity index is 1.46. The number of hydrogen-bond acceptors (Lipinski definition) is 8. The molecule has 4 rings (SSSR count). The molecule has 2 heterocycles. The van der Waals surface area contributed by atoms with Crippen LogP contribution in [0, 0.1) is 0 Å². The molecule has 0 aliphatic heterocycles. The Bertz CT molecular complexity index is 1220. The first-order valence-corrected chi connectivity index (χ1v) is 11.0. The van der Waals surface area contributed by atoms with E-state index in [9.17, 15) is 4.79 Å². The molecule has 0 fully saturated rings. The van der Waals surface area contributed by atoms with Crippen LogP contribution in [-0.4, -0.2) is 43.7 Å². The molecule has 4 aromatic rings. The lowest BCUT2D eigenvalue weighted by atomic mass is 10.2. The highest BCUT2D eigenvalue weighted by atomic mass is 35.5. The van der Waals surface area contributed by atoms with Crippen LogP contribution in [0.3, 0.4) is 0 Å². The van der Waals surface area contributed by atoms with Crippen LogP contribution in [0.2, 0.25) is 5.02 Å². The van der Waals surface area contributed by atoms with Gasteiger partial charge in [-0.05, 0) is 49.4 Å². The van der Waals surface area contributed by atoms with E-state index >= 15 is 0 Å². The van der Waals surface area contributed by atoms with Crippen molar-refractivity contribution in [1.82, 2.24) is 24.9 Å². The van der Waals surface area contributed by atoms with E-state index < -0.39 is 0 Å². The summed E-state index contributed by atoms with van der Waals surface area (Å²) in [7, 11) is 1.61. The molecule has 0 saturated carbocycles. The molecular formula is C21H19ClN6O3S. The monoisotopic (exact) mass is 470 g/mol. The number of thioether (sulfide) groups is 1. The lowest BCUT2D eigenvalue weighted by Crippen LogP contribution is -2.14. The van der Waals surface area contributed by atoms with Crippen molar-refractivity contribution in [2.45, 2.75) is 18.6 Å². The van der Waals surface area contributed by atoms with Gasteiger partial charge in [-0.25, -0.2) is 0 Å². The number of aromatic nitrogens is 5. The van der Waals surface area contributed by atoms with Crippen LogP contribution >= 0.6 is 23.4 Å². The highest BCUT2D eigenvalue weighted by molar-refractivity contribution is 7.99. The Labute approximate surface area is 193 Å². The van der Waals surface area contributed by atoms with Crippen molar-refractivity contribution < 1.29 is 14.1 Å². The fourth-order valence-electron chi connectivity index (χ4n) is 2.90. The number of methoxy groups -OCH3 is 1. The number of benzene rings is 2. The van der Waals surface area contributed by atoms with Crippen molar-refractivity contribution >= 4 is 35.0 Å². The fourth-order valence-corrected chi connectivity index (χ4v) is 3.90. The zero-order valence-electron chi connectivity index (χ0n) is 17.3. The Kier molecular flexibility index (Phi) is 6.72. The van der Waals surface area contributed by atoms with Gasteiger partial charge in [0.05, 0.1) is 12.9 Å². The van der Waals surface area contributed by atoms with Gasteiger partial charge >= 0.3 is 0 Å². The summed E-state index contributed by atoms with van der Waals surface area (Å²) in [6.45, 7) is 2.52. The van der Waals surface area contributed by atoms with E-state index in [0.717, 1.165) is 11.3 Å². The molecule has 0 bridgehead atoms. The van der Waals surface area contributed by atoms with E-state index in [2.05, 4.69) is 25.7 Å². The van der Waals surface area contributed by atoms with Gasteiger partial charge in [-0.15, -0.1) is 10.2 Å². The molecule has 11 heteroatoms. The number of carbonyl (C=O) groups is 1. The van der Waals surface area contributed by atoms with Crippen LogP contribution < -0.4 is 10.1 Å². The van der Waals surface area contributed by atoms with E-state index in [1.165, 1.54) is 11.8 Å². The first-order chi connectivity index (χ1) is 15.6. The van der Waals surface area contributed by atoms with Gasteiger partial charge in [0, 0.05) is 22.8 Å². The highest BCUT2D eigenvalue weighted by Gasteiger charge is 2.20. The average molecular weight is 471 g/mol. The van der Waals surface area contributed by atoms with E-state index in [1.54, 1.807) is 31.4 Å². The Morgan fingerprint density at radius 2 is 2.03 bits per heavy atom. The smallest absolute Gasteiger partial charge is 0.296 e. The van der Waals surface area contributed by atoms with Gasteiger partial charge in [0.1, 0.15) is 5.75 Å². The van der Waals surface area contributed by atoms with Crippen molar-refractivity contribution in [3.05, 3.63) is 53.6 Å². The van der Waals surface area contributed by atoms with Crippen LogP contribution in [0.25, 0.3) is 23.1 Å². The van der Waals surface area contributed by atoms with Crippen molar-refractivity contribution in [3.63, 3.8) is 0 Å². The second-order valence-electron chi connectivity index (χ2n) is 6.55. The molecule has 0 aliphatic rings. The minimum Gasteiger partial charge on any atom is -0.497 e. The second-order valence-corrected chi connectivity index (χ2v) is 7.93. The lowest BCUT2D eigenvalue weighted by molar-refractivity contribution is -0.113. The standard InChI is InChI=1S/C21H19ClN6O3S/c1-3-28-19(20-24-18(27-31-20)13-7-9-16(30-2)10-8-13)25-26-21(28)32-12-17(29)23-15-6-4-5-14(22)11-15/h4-11H,3,12H2,1-2H3,(H,23,29). The van der Waals surface area contributed by atoms with E-state index in [0.29, 0.717) is 34.1 Å². The van der Waals surface area contributed by atoms with Crippen LogP contribution in [0.1, 0.15) is 6.92 Å². The number of halogens is 1. The molecule has 164 valence electrons. The first-order valence-electron chi connectivity index (χ1n) is 9.67. The maximum atomic E-state index is 12.3. The molecule has 0 unspecified atom stereocenters. The molecule has 32 heavy (non-hydrogen) atoms. The molecule has 2 aromatic carbocycles. The number of rotatable bonds is 8. The number of hydrogen-bond donors (Lipinski definition) is 1. The van der Waals surface area contributed by atoms with Crippen molar-refractivity contribution in [3.8, 4) is 28.9 Å². The van der Waals surface area contributed by atoms with Crippen LogP contribution in [0.15, 0.2) is 58.2 Å². The number of nitrogens with one attached hydrogen (secondary N) is 1. The second kappa shape index (κ2) is 9.84. The van der Waals surface area contributed by atoms with Gasteiger partial charge in [0.25, 0.3) is 5.89 Å². The van der Waals surface area contributed by atoms with E-state index in [4.69, 9.17) is 20.9 Å². The Hall–Kier alpha value is -3.37. The van der Waals surface area contributed by atoms with E-state index in [-0.39, 0.29) is 17.6 Å². The molecule has 0 radical (unpaired) electrons. The minimum atomic E-state index is -0.177. The quantitative estimate of drug-likeness (QED) is 0.377. The summed E-state index contributed by atoms with van der Waals surface area (Å²) in [5.41, 5.74) is 1.42. The molecule has 1 amide bonds. The number of carbonyl (C=O) groups excluding carboxylic acids is 1. The number of ether oxygens (including phenoxy) is 1. The zero-order valence-corrected chi connectivity index (χ0v) is 18.9. The first kappa shape index (κ1) is 21.8. The van der Waals surface area contributed by atoms with Crippen LogP contribution in [-0.2, 0) is 11.3 Å². The number of anilines is 1. The summed E-state index contributed by atoms with van der Waals surface area (Å²) < 4.78 is 12.4. The van der Waals surface area contributed by atoms with Gasteiger partial charge in [-0.2, -0.15) is 4.98 Å². The largest absolute Gasteiger partial charge is 0.497 e. The summed E-state index contributed by atoms with van der Waals surface area (Å²) >= 11 is 7.22. The van der Waals surface area contributed by atoms with Crippen molar-refractivity contribution in [2.75, 3.05) is 18.2 Å². The van der Waals surface area contributed by atoms with Gasteiger partial charge in [-0.1, -0.05) is 34.6 Å². The number of amides is 1. The summed E-state index contributed by atoms with van der Waals surface area (Å²) in [5.74, 6) is 1.85. The van der Waals surface area contributed by atoms with Crippen molar-refractivity contribution in [1.29, 1.82) is 0 Å². The molecule has 0 spiro atoms. The molecular weight excluding hydrogens is 452 g/mol. The fraction of sp³-hybridized carbons (Fsp3) is 0.190. The predicted octanol–water partition coefficient (Wildman–Crippen LogP) is 4.41. The third kappa shape index (κ3) is 4.92. The predicted molar refractivity (Wildman–Crippen MR) is 122 cm³/mol. The maximum absolute atomic E-state index is 12.3. The van der Waals surface area contributed by atoms with Crippen LogP contribution in [0.5, 0.6) is 5.75 Å². The normalized spacial score (nSPS) is 10.8. The molecule has 9 nitrogen and oxygen atoms in total. The van der Waals surface area contributed by atoms with Gasteiger partial charge < -0.3 is 14.6 Å². The molecule has 1 N–H and O–H groups in total. The molecule has 0 atom stereocenters. The molecule has 0 saturated heterocycles. The summed E-state index contributed by atoms with van der Waals surface area (Å²) in [4.78, 5) is 16.7. The minimum absolute atomic E-state index is 0.158. The third-order valence-corrected chi connectivity index (χ3v) is 5.64. The highest BCUT2D eigenvalue weighted by Crippen LogP contribution is 2.26. The lowest BCUT2D eigenvalue weighted by Gasteiger charge is -2.06. The third-order valence-electron chi connectivity index (χ3n) is 4.44. The molecule has 2 aromatic heterocycles. The van der Waals surface area contributed by atoms with Crippen LogP contribution in [0.4, 0.5) is 5.69 Å². The summed E-state index contributed by atoms with van der Waals surface area (Å²) in [5, 5.41) is 16.4. The average Bonchev–Trinajstić information content (AvgIpc) is 3.44. The van der Waals surface area contributed by atoms with E-state index in [1.807, 2.05) is 35.8 Å². The maximum Gasteiger partial charge on any atom is 0.296 e. The topological polar surface area (TPSA) is 108 Å². The SMILES string of the molecule is CCn1c(SCC(=O)Nc2cccc(Cl)c2)nnc1-c1nc(-c2ccc(OC)cc2)no1. The van der Waals surface area contributed by atoms with Gasteiger partial charge in [0.2, 0.25) is 17.6 Å². The molecule has 0 aliphatic carbocycles. The van der Waals surface area contributed by atoms with Gasteiger partial charge in [0.15, 0.2) is 5.16 Å². The Morgan fingerprint density at radius 3 is 2.75 bits per heavy atom. The van der Waals surface area contributed by atoms with Gasteiger partial charge in [-0.3, -0.25) is 9.36 Å². The number of nitrogens with zero attached hydrogens (tertiary/aromatic N) is 5.